The monoisotopic (exact) mass is 440 g/mol. The Hall–Kier alpha value is -0.440. The zero-order chi connectivity index (χ0) is 16.3. The van der Waals surface area contributed by atoms with Crippen LogP contribution in [-0.2, 0) is 14.8 Å². The first-order valence-corrected chi connectivity index (χ1v) is 9.34. The molecule has 1 rings (SSSR count). The van der Waals surface area contributed by atoms with Crippen LogP contribution in [0.3, 0.4) is 0 Å². The summed E-state index contributed by atoms with van der Waals surface area (Å²) in [5.41, 5.74) is -0.329. The number of carbonyl (C=O) groups is 1. The fourth-order valence-corrected chi connectivity index (χ4v) is 4.33. The molecule has 0 heterocycles. The summed E-state index contributed by atoms with van der Waals surface area (Å²) in [6.45, 7) is 5.66. The van der Waals surface area contributed by atoms with Crippen molar-refractivity contribution < 1.29 is 13.2 Å². The molecule has 0 aliphatic carbocycles. The van der Waals surface area contributed by atoms with Crippen LogP contribution >= 0.6 is 31.9 Å². The molecular formula is C13H18Br2N2O3S. The number of sulfonamides is 1. The van der Waals surface area contributed by atoms with Gasteiger partial charge in [0.2, 0.25) is 15.9 Å². The van der Waals surface area contributed by atoms with Gasteiger partial charge in [0.15, 0.2) is 0 Å². The number of rotatable bonds is 5. The van der Waals surface area contributed by atoms with Crippen LogP contribution in [0.1, 0.15) is 27.2 Å². The Balaban J connectivity index is 2.64. The minimum atomic E-state index is -3.64. The molecule has 5 nitrogen and oxygen atoms in total. The Kier molecular flexibility index (Phi) is 6.39. The number of hydrogen-bond acceptors (Lipinski definition) is 3. The zero-order valence-corrected chi connectivity index (χ0v) is 16.0. The van der Waals surface area contributed by atoms with Crippen LogP contribution in [0.2, 0.25) is 0 Å². The molecule has 0 radical (unpaired) electrons. The van der Waals surface area contributed by atoms with Crippen LogP contribution in [-0.4, -0.2) is 26.4 Å². The van der Waals surface area contributed by atoms with Gasteiger partial charge in [0, 0.05) is 27.4 Å². The average Bonchev–Trinajstić information content (AvgIpc) is 2.25. The maximum absolute atomic E-state index is 12.1. The summed E-state index contributed by atoms with van der Waals surface area (Å²) < 4.78 is 27.9. The van der Waals surface area contributed by atoms with E-state index < -0.39 is 10.0 Å². The van der Waals surface area contributed by atoms with E-state index in [-0.39, 0.29) is 29.3 Å². The van der Waals surface area contributed by atoms with Crippen molar-refractivity contribution in [3.05, 3.63) is 27.1 Å². The van der Waals surface area contributed by atoms with Gasteiger partial charge in [-0.1, -0.05) is 15.9 Å². The predicted octanol–water partition coefficient (Wildman–Crippen LogP) is 2.79. The molecule has 0 fully saturated rings. The second kappa shape index (κ2) is 7.21. The Morgan fingerprint density at radius 3 is 2.38 bits per heavy atom. The van der Waals surface area contributed by atoms with E-state index >= 15 is 0 Å². The minimum absolute atomic E-state index is 0.0484. The van der Waals surface area contributed by atoms with Crippen molar-refractivity contribution in [3.8, 4) is 0 Å². The van der Waals surface area contributed by atoms with Gasteiger partial charge in [0.25, 0.3) is 0 Å². The number of nitrogens with one attached hydrogen (secondary N) is 2. The molecule has 1 aromatic carbocycles. The summed E-state index contributed by atoms with van der Waals surface area (Å²) in [6.07, 6.45) is 0.0879. The highest BCUT2D eigenvalue weighted by molar-refractivity contribution is 9.11. The number of benzene rings is 1. The highest BCUT2D eigenvalue weighted by Crippen LogP contribution is 2.25. The second-order valence-electron chi connectivity index (χ2n) is 5.52. The topological polar surface area (TPSA) is 75.3 Å². The molecule has 2 N–H and O–H groups in total. The van der Waals surface area contributed by atoms with E-state index in [1.807, 2.05) is 20.8 Å². The van der Waals surface area contributed by atoms with Gasteiger partial charge < -0.3 is 5.32 Å². The standard InChI is InChI=1S/C13H18Br2N2O3S/c1-13(2,3)17-12(18)6-7-16-21(19,20)11-5-4-9(14)8-10(11)15/h4-5,8,16H,6-7H2,1-3H3,(H,17,18). The molecule has 0 spiro atoms. The number of amides is 1. The summed E-state index contributed by atoms with van der Waals surface area (Å²) >= 11 is 6.48. The summed E-state index contributed by atoms with van der Waals surface area (Å²) in [5, 5.41) is 2.77. The quantitative estimate of drug-likeness (QED) is 0.737. The maximum atomic E-state index is 12.1. The van der Waals surface area contributed by atoms with Gasteiger partial charge in [-0.25, -0.2) is 13.1 Å². The van der Waals surface area contributed by atoms with Gasteiger partial charge in [0.1, 0.15) is 0 Å². The average molecular weight is 442 g/mol. The lowest BCUT2D eigenvalue weighted by Crippen LogP contribution is -2.41. The van der Waals surface area contributed by atoms with Crippen molar-refractivity contribution in [1.29, 1.82) is 0 Å². The molecule has 1 aromatic rings. The first-order valence-electron chi connectivity index (χ1n) is 6.27. The molecule has 0 saturated carbocycles. The highest BCUT2D eigenvalue weighted by Gasteiger charge is 2.18. The Bertz CT molecular complexity index is 625. The number of hydrogen-bond donors (Lipinski definition) is 2. The van der Waals surface area contributed by atoms with E-state index in [0.29, 0.717) is 4.47 Å². The van der Waals surface area contributed by atoms with Crippen LogP contribution in [0, 0.1) is 0 Å². The van der Waals surface area contributed by atoms with Crippen molar-refractivity contribution in [1.82, 2.24) is 10.0 Å². The first-order chi connectivity index (χ1) is 9.51. The van der Waals surface area contributed by atoms with Gasteiger partial charge in [-0.05, 0) is 54.9 Å². The lowest BCUT2D eigenvalue weighted by Gasteiger charge is -2.20. The zero-order valence-electron chi connectivity index (χ0n) is 12.0. The SMILES string of the molecule is CC(C)(C)NC(=O)CCNS(=O)(=O)c1ccc(Br)cc1Br. The van der Waals surface area contributed by atoms with Crippen molar-refractivity contribution in [2.24, 2.45) is 0 Å². The molecule has 0 bridgehead atoms. The molecule has 0 aromatic heterocycles. The normalized spacial score (nSPS) is 12.2. The van der Waals surface area contributed by atoms with Crippen LogP contribution in [0.25, 0.3) is 0 Å². The van der Waals surface area contributed by atoms with E-state index in [4.69, 9.17) is 0 Å². The molecule has 0 aliphatic rings. The van der Waals surface area contributed by atoms with Crippen molar-refractivity contribution in [3.63, 3.8) is 0 Å². The van der Waals surface area contributed by atoms with Crippen molar-refractivity contribution in [2.45, 2.75) is 37.6 Å². The third-order valence-electron chi connectivity index (χ3n) is 2.34. The summed E-state index contributed by atoms with van der Waals surface area (Å²) in [5.74, 6) is -0.194. The van der Waals surface area contributed by atoms with Crippen molar-refractivity contribution >= 4 is 47.8 Å². The fourth-order valence-electron chi connectivity index (χ4n) is 1.55. The molecule has 118 valence electrons. The van der Waals surface area contributed by atoms with Crippen LogP contribution in [0.4, 0.5) is 0 Å². The fraction of sp³-hybridized carbons (Fsp3) is 0.462. The second-order valence-corrected chi connectivity index (χ2v) is 9.03. The molecule has 0 aliphatic heterocycles. The minimum Gasteiger partial charge on any atom is -0.351 e. The molecule has 0 unspecified atom stereocenters. The molecule has 21 heavy (non-hydrogen) atoms. The third-order valence-corrected chi connectivity index (χ3v) is 5.27. The van der Waals surface area contributed by atoms with Crippen LogP contribution < -0.4 is 10.0 Å². The lowest BCUT2D eigenvalue weighted by molar-refractivity contribution is -0.122. The smallest absolute Gasteiger partial charge is 0.241 e. The largest absolute Gasteiger partial charge is 0.351 e. The van der Waals surface area contributed by atoms with Crippen LogP contribution in [0.15, 0.2) is 32.0 Å². The Labute approximate surface area is 142 Å². The first kappa shape index (κ1) is 18.6. The van der Waals surface area contributed by atoms with Crippen LogP contribution in [0.5, 0.6) is 0 Å². The molecule has 8 heteroatoms. The molecule has 0 saturated heterocycles. The highest BCUT2D eigenvalue weighted by atomic mass is 79.9. The Morgan fingerprint density at radius 1 is 1.24 bits per heavy atom. The van der Waals surface area contributed by atoms with E-state index in [2.05, 4.69) is 41.9 Å². The maximum Gasteiger partial charge on any atom is 0.241 e. The van der Waals surface area contributed by atoms with Gasteiger partial charge >= 0.3 is 0 Å². The summed E-state index contributed by atoms with van der Waals surface area (Å²) in [6, 6.07) is 4.79. The number of halogens is 2. The van der Waals surface area contributed by atoms with Crippen molar-refractivity contribution in [2.75, 3.05) is 6.54 Å². The summed E-state index contributed by atoms with van der Waals surface area (Å²) in [7, 11) is -3.64. The molecule has 1 amide bonds. The van der Waals surface area contributed by atoms with Gasteiger partial charge in [-0.15, -0.1) is 0 Å². The van der Waals surface area contributed by atoms with Gasteiger partial charge in [0.05, 0.1) is 4.90 Å². The van der Waals surface area contributed by atoms with E-state index in [1.165, 1.54) is 6.07 Å². The van der Waals surface area contributed by atoms with Gasteiger partial charge in [-0.2, -0.15) is 0 Å². The predicted molar refractivity (Wildman–Crippen MR) is 89.5 cm³/mol. The Morgan fingerprint density at radius 2 is 1.86 bits per heavy atom. The van der Waals surface area contributed by atoms with E-state index in [1.54, 1.807) is 12.1 Å². The number of carbonyl (C=O) groups excluding carboxylic acids is 1. The third kappa shape index (κ3) is 6.46. The van der Waals surface area contributed by atoms with E-state index in [0.717, 1.165) is 4.47 Å². The summed E-state index contributed by atoms with van der Waals surface area (Å²) in [4.78, 5) is 11.8. The molecule has 0 atom stereocenters. The van der Waals surface area contributed by atoms with E-state index in [9.17, 15) is 13.2 Å². The lowest BCUT2D eigenvalue weighted by atomic mass is 10.1. The molecular weight excluding hydrogens is 424 g/mol. The van der Waals surface area contributed by atoms with Gasteiger partial charge in [-0.3, -0.25) is 4.79 Å².